The molecular weight excluding hydrogens is 358 g/mol. The molecule has 11 nitrogen and oxygen atoms in total. The molecule has 4 rings (SSSR count). The average Bonchev–Trinajstić information content (AvgIpc) is 3.28. The predicted octanol–water partition coefficient (Wildman–Crippen LogP) is 1.08. The van der Waals surface area contributed by atoms with Gasteiger partial charge in [-0.15, -0.1) is 10.2 Å². The Morgan fingerprint density at radius 1 is 1.11 bits per heavy atom. The number of rotatable bonds is 6. The van der Waals surface area contributed by atoms with Crippen LogP contribution >= 0.6 is 0 Å². The summed E-state index contributed by atoms with van der Waals surface area (Å²) in [7, 11) is 0. The molecule has 11 heteroatoms. The highest BCUT2D eigenvalue weighted by molar-refractivity contribution is 5.72. The minimum absolute atomic E-state index is 0.252. The fraction of sp³-hybridized carbons (Fsp3) is 0.353. The maximum absolute atomic E-state index is 8.82. The van der Waals surface area contributed by atoms with Crippen molar-refractivity contribution in [1.29, 1.82) is 5.26 Å². The fourth-order valence-electron chi connectivity index (χ4n) is 3.00. The Morgan fingerprint density at radius 3 is 2.71 bits per heavy atom. The molecule has 1 aliphatic rings. The van der Waals surface area contributed by atoms with Gasteiger partial charge in [-0.3, -0.25) is 5.10 Å². The van der Waals surface area contributed by atoms with Crippen LogP contribution in [0.1, 0.15) is 18.5 Å². The predicted molar refractivity (Wildman–Crippen MR) is 102 cm³/mol. The number of nitrogens with one attached hydrogen (secondary N) is 4. The molecule has 0 spiro atoms. The second-order valence-electron chi connectivity index (χ2n) is 6.42. The molecule has 1 saturated heterocycles. The van der Waals surface area contributed by atoms with Gasteiger partial charge in [0, 0.05) is 12.6 Å². The van der Waals surface area contributed by atoms with Crippen molar-refractivity contribution in [2.45, 2.75) is 12.8 Å². The lowest BCUT2D eigenvalue weighted by atomic mass is 9.98. The van der Waals surface area contributed by atoms with E-state index in [-0.39, 0.29) is 5.69 Å². The number of nitrogens with zero attached hydrogens (tertiary/aromatic N) is 7. The first-order chi connectivity index (χ1) is 13.8. The van der Waals surface area contributed by atoms with Gasteiger partial charge in [-0.25, -0.2) is 15.0 Å². The summed E-state index contributed by atoms with van der Waals surface area (Å²) in [5, 5.41) is 33.9. The van der Waals surface area contributed by atoms with Gasteiger partial charge in [-0.2, -0.15) is 10.4 Å². The number of aromatic amines is 1. The highest BCUT2D eigenvalue weighted by Crippen LogP contribution is 2.26. The minimum atomic E-state index is 0.252. The highest BCUT2D eigenvalue weighted by atomic mass is 15.2. The van der Waals surface area contributed by atoms with Gasteiger partial charge in [0.05, 0.1) is 18.1 Å². The molecular formula is C17H19N11. The van der Waals surface area contributed by atoms with E-state index in [0.717, 1.165) is 38.2 Å². The molecule has 3 aromatic rings. The zero-order valence-electron chi connectivity index (χ0n) is 15.1. The maximum atomic E-state index is 8.82. The second kappa shape index (κ2) is 8.36. The zero-order valence-corrected chi connectivity index (χ0v) is 15.1. The first-order valence-corrected chi connectivity index (χ1v) is 8.99. The Morgan fingerprint density at radius 2 is 2.00 bits per heavy atom. The standard InChI is InChI=1S/C17H19N11/c18-6-12-8-22-15(9-20-12)25-14-5-13(21-7-11-1-3-19-4-2-11)16(27-26-14)17-23-10-24-28-17/h5,8-11,19H,1-4,7H2,(H,23,24,28)(H2,21,22,25,26). The lowest BCUT2D eigenvalue weighted by Gasteiger charge is -2.23. The fourth-order valence-corrected chi connectivity index (χ4v) is 3.00. The van der Waals surface area contributed by atoms with Crippen molar-refractivity contribution in [1.82, 2.24) is 40.7 Å². The minimum Gasteiger partial charge on any atom is -0.383 e. The number of anilines is 3. The van der Waals surface area contributed by atoms with Crippen LogP contribution in [0.15, 0.2) is 24.8 Å². The molecule has 0 aromatic carbocycles. The van der Waals surface area contributed by atoms with Crippen molar-refractivity contribution in [2.24, 2.45) is 5.92 Å². The van der Waals surface area contributed by atoms with Gasteiger partial charge in [0.2, 0.25) is 0 Å². The molecule has 0 atom stereocenters. The summed E-state index contributed by atoms with van der Waals surface area (Å²) in [6.07, 6.45) is 6.58. The third kappa shape index (κ3) is 4.18. The first-order valence-electron chi connectivity index (χ1n) is 8.99. The Labute approximate surface area is 161 Å². The van der Waals surface area contributed by atoms with Gasteiger partial charge in [-0.05, 0) is 31.8 Å². The highest BCUT2D eigenvalue weighted by Gasteiger charge is 2.16. The quantitative estimate of drug-likeness (QED) is 0.490. The van der Waals surface area contributed by atoms with Crippen LogP contribution < -0.4 is 16.0 Å². The Bertz CT molecular complexity index is 940. The molecule has 3 aromatic heterocycles. The van der Waals surface area contributed by atoms with Crippen molar-refractivity contribution in [3.8, 4) is 17.6 Å². The van der Waals surface area contributed by atoms with Crippen LogP contribution in [-0.2, 0) is 0 Å². The van der Waals surface area contributed by atoms with Crippen LogP contribution in [0, 0.1) is 17.2 Å². The summed E-state index contributed by atoms with van der Waals surface area (Å²) >= 11 is 0. The first kappa shape index (κ1) is 17.7. The summed E-state index contributed by atoms with van der Waals surface area (Å²) < 4.78 is 0. The number of nitriles is 1. The molecule has 0 unspecified atom stereocenters. The molecule has 0 saturated carbocycles. The summed E-state index contributed by atoms with van der Waals surface area (Å²) in [5.41, 5.74) is 1.65. The van der Waals surface area contributed by atoms with Gasteiger partial charge < -0.3 is 16.0 Å². The third-order valence-electron chi connectivity index (χ3n) is 4.50. The lowest BCUT2D eigenvalue weighted by molar-refractivity contribution is 0.390. The molecule has 0 radical (unpaired) electrons. The van der Waals surface area contributed by atoms with Gasteiger partial charge in [-0.1, -0.05) is 0 Å². The summed E-state index contributed by atoms with van der Waals surface area (Å²) in [5.74, 6) is 2.13. The van der Waals surface area contributed by atoms with E-state index < -0.39 is 0 Å². The number of hydrogen-bond acceptors (Lipinski definition) is 10. The average molecular weight is 377 g/mol. The Balaban J connectivity index is 1.55. The van der Waals surface area contributed by atoms with Gasteiger partial charge in [0.15, 0.2) is 23.0 Å². The van der Waals surface area contributed by atoms with E-state index in [1.54, 1.807) is 0 Å². The van der Waals surface area contributed by atoms with Gasteiger partial charge >= 0.3 is 0 Å². The van der Waals surface area contributed by atoms with Crippen LogP contribution in [0.2, 0.25) is 0 Å². The van der Waals surface area contributed by atoms with E-state index in [9.17, 15) is 0 Å². The molecule has 28 heavy (non-hydrogen) atoms. The largest absolute Gasteiger partial charge is 0.383 e. The van der Waals surface area contributed by atoms with E-state index in [0.29, 0.717) is 29.1 Å². The van der Waals surface area contributed by atoms with Gasteiger partial charge in [0.1, 0.15) is 18.2 Å². The van der Waals surface area contributed by atoms with E-state index in [1.165, 1.54) is 18.7 Å². The third-order valence-corrected chi connectivity index (χ3v) is 4.50. The van der Waals surface area contributed by atoms with Crippen molar-refractivity contribution in [3.05, 3.63) is 30.5 Å². The molecule has 142 valence electrons. The molecule has 1 aliphatic heterocycles. The molecule has 1 fully saturated rings. The van der Waals surface area contributed by atoms with E-state index >= 15 is 0 Å². The van der Waals surface area contributed by atoms with E-state index in [2.05, 4.69) is 51.3 Å². The van der Waals surface area contributed by atoms with Crippen LogP contribution in [0.5, 0.6) is 0 Å². The molecule has 4 heterocycles. The lowest BCUT2D eigenvalue weighted by Crippen LogP contribution is -2.31. The number of piperidine rings is 1. The van der Waals surface area contributed by atoms with Crippen LogP contribution in [0.25, 0.3) is 11.5 Å². The number of hydrogen-bond donors (Lipinski definition) is 4. The normalized spacial score (nSPS) is 14.4. The maximum Gasteiger partial charge on any atom is 0.178 e. The van der Waals surface area contributed by atoms with Crippen molar-refractivity contribution in [3.63, 3.8) is 0 Å². The number of H-pyrrole nitrogens is 1. The topological polar surface area (TPSA) is 153 Å². The number of aromatic nitrogens is 7. The van der Waals surface area contributed by atoms with E-state index in [4.69, 9.17) is 5.26 Å². The Hall–Kier alpha value is -3.65. The van der Waals surface area contributed by atoms with Crippen LogP contribution in [-0.4, -0.2) is 55.0 Å². The smallest absolute Gasteiger partial charge is 0.178 e. The zero-order chi connectivity index (χ0) is 19.2. The van der Waals surface area contributed by atoms with Crippen molar-refractivity contribution >= 4 is 17.3 Å². The summed E-state index contributed by atoms with van der Waals surface area (Å²) in [4.78, 5) is 12.3. The van der Waals surface area contributed by atoms with Crippen LogP contribution in [0.4, 0.5) is 17.3 Å². The van der Waals surface area contributed by atoms with Crippen molar-refractivity contribution in [2.75, 3.05) is 30.3 Å². The molecule has 0 bridgehead atoms. The molecule has 0 aliphatic carbocycles. The molecule has 4 N–H and O–H groups in total. The monoisotopic (exact) mass is 377 g/mol. The van der Waals surface area contributed by atoms with E-state index in [1.807, 2.05) is 12.1 Å². The van der Waals surface area contributed by atoms with Crippen LogP contribution in [0.3, 0.4) is 0 Å². The van der Waals surface area contributed by atoms with Gasteiger partial charge in [0.25, 0.3) is 0 Å². The summed E-state index contributed by atoms with van der Waals surface area (Å²) in [6, 6.07) is 3.79. The molecule has 0 amide bonds. The SMILES string of the molecule is N#Cc1cnc(Nc2cc(NCC3CCNCC3)c(-c3ncn[nH]3)nn2)cn1. The Kier molecular flexibility index (Phi) is 5.30. The summed E-state index contributed by atoms with van der Waals surface area (Å²) in [6.45, 7) is 2.92. The van der Waals surface area contributed by atoms with Crippen molar-refractivity contribution < 1.29 is 0 Å². The second-order valence-corrected chi connectivity index (χ2v) is 6.42.